The van der Waals surface area contributed by atoms with Gasteiger partial charge in [-0.1, -0.05) is 0 Å². The third-order valence-corrected chi connectivity index (χ3v) is 6.34. The molecule has 2 unspecified atom stereocenters. The molecule has 2 atom stereocenters. The van der Waals surface area contributed by atoms with Gasteiger partial charge in [0.15, 0.2) is 4.96 Å². The highest BCUT2D eigenvalue weighted by Gasteiger charge is 2.33. The fourth-order valence-corrected chi connectivity index (χ4v) is 5.00. The van der Waals surface area contributed by atoms with Crippen LogP contribution in [0.1, 0.15) is 33.3 Å². The Hall–Kier alpha value is -1.70. The molecule has 4 heterocycles. The van der Waals surface area contributed by atoms with Crippen molar-refractivity contribution < 1.29 is 9.90 Å². The topological polar surface area (TPSA) is 57.8 Å². The summed E-state index contributed by atoms with van der Waals surface area (Å²) in [6, 6.07) is 2.09. The van der Waals surface area contributed by atoms with E-state index in [0.29, 0.717) is 18.8 Å². The summed E-state index contributed by atoms with van der Waals surface area (Å²) in [4.78, 5) is 20.8. The average molecular weight is 347 g/mol. The zero-order valence-electron chi connectivity index (χ0n) is 12.7. The first-order valence-electron chi connectivity index (χ1n) is 7.57. The molecular formula is C16H17N3O2S2. The quantitative estimate of drug-likeness (QED) is 0.775. The summed E-state index contributed by atoms with van der Waals surface area (Å²) in [5.74, 6) is 0.0332. The first-order valence-corrected chi connectivity index (χ1v) is 9.33. The molecule has 1 N–H and O–H groups in total. The lowest BCUT2D eigenvalue weighted by Crippen LogP contribution is -2.45. The van der Waals surface area contributed by atoms with Gasteiger partial charge in [0.25, 0.3) is 5.91 Å². The van der Waals surface area contributed by atoms with Gasteiger partial charge in [-0.05, 0) is 30.4 Å². The minimum atomic E-state index is -0.520. The number of hydrogen-bond acceptors (Lipinski definition) is 5. The number of β-amino-alcohol motifs (C(OH)–C–C–N with tert-alkyl or cyclic N) is 1. The lowest BCUT2D eigenvalue weighted by molar-refractivity contribution is 0.0383. The molecule has 23 heavy (non-hydrogen) atoms. The third-order valence-electron chi connectivity index (χ3n) is 4.42. The number of nitrogens with zero attached hydrogens (tertiary/aromatic N) is 3. The molecule has 0 bridgehead atoms. The summed E-state index contributed by atoms with van der Waals surface area (Å²) in [6.45, 7) is 3.10. The monoisotopic (exact) mass is 347 g/mol. The van der Waals surface area contributed by atoms with Crippen molar-refractivity contribution in [3.8, 4) is 0 Å². The van der Waals surface area contributed by atoms with E-state index in [1.54, 1.807) is 22.4 Å². The number of aromatic nitrogens is 2. The molecule has 0 aromatic carbocycles. The van der Waals surface area contributed by atoms with Crippen LogP contribution in [-0.2, 0) is 0 Å². The summed E-state index contributed by atoms with van der Waals surface area (Å²) in [5.41, 5.74) is 1.68. The SMILES string of the molecule is Cc1ccsc1C1CCN(C(=O)c2cn3ccsc3n2)CC1O. The molecule has 0 radical (unpaired) electrons. The number of imidazole rings is 1. The molecule has 7 heteroatoms. The Morgan fingerprint density at radius 1 is 1.39 bits per heavy atom. The van der Waals surface area contributed by atoms with Crippen molar-refractivity contribution in [1.82, 2.24) is 14.3 Å². The molecule has 5 nitrogen and oxygen atoms in total. The number of carbonyl (C=O) groups excluding carboxylic acids is 1. The first-order chi connectivity index (χ1) is 11.1. The highest BCUT2D eigenvalue weighted by Crippen LogP contribution is 2.34. The fourth-order valence-electron chi connectivity index (χ4n) is 3.18. The number of piperidine rings is 1. The van der Waals surface area contributed by atoms with Crippen LogP contribution in [0.3, 0.4) is 0 Å². The number of fused-ring (bicyclic) bond motifs is 1. The van der Waals surface area contributed by atoms with Crippen LogP contribution < -0.4 is 0 Å². The number of rotatable bonds is 2. The van der Waals surface area contributed by atoms with Gasteiger partial charge in [0.1, 0.15) is 5.69 Å². The van der Waals surface area contributed by atoms with E-state index in [4.69, 9.17) is 0 Å². The summed E-state index contributed by atoms with van der Waals surface area (Å²) in [5, 5.41) is 14.5. The van der Waals surface area contributed by atoms with E-state index >= 15 is 0 Å². The van der Waals surface area contributed by atoms with E-state index < -0.39 is 6.10 Å². The van der Waals surface area contributed by atoms with Crippen LogP contribution in [0, 0.1) is 6.92 Å². The number of thiazole rings is 1. The van der Waals surface area contributed by atoms with E-state index in [-0.39, 0.29) is 11.8 Å². The number of aliphatic hydroxyl groups is 1. The Balaban J connectivity index is 1.50. The first kappa shape index (κ1) is 14.9. The zero-order chi connectivity index (χ0) is 16.0. The Kier molecular flexibility index (Phi) is 3.71. The molecule has 1 saturated heterocycles. The molecule has 1 fully saturated rings. The molecule has 0 aliphatic carbocycles. The van der Waals surface area contributed by atoms with Gasteiger partial charge in [0.2, 0.25) is 0 Å². The van der Waals surface area contributed by atoms with Crippen molar-refractivity contribution in [1.29, 1.82) is 0 Å². The van der Waals surface area contributed by atoms with Gasteiger partial charge in [-0.15, -0.1) is 22.7 Å². The summed E-state index contributed by atoms with van der Waals surface area (Å²) < 4.78 is 1.86. The van der Waals surface area contributed by atoms with Crippen LogP contribution in [0.2, 0.25) is 0 Å². The van der Waals surface area contributed by atoms with Crippen LogP contribution in [0.4, 0.5) is 0 Å². The molecule has 4 rings (SSSR count). The van der Waals surface area contributed by atoms with E-state index in [0.717, 1.165) is 11.4 Å². The Morgan fingerprint density at radius 3 is 2.96 bits per heavy atom. The standard InChI is InChI=1S/C16H17N3O2S2/c1-10-3-6-22-14(10)11-2-4-18(9-13(11)20)15(21)12-8-19-5-7-23-16(19)17-12/h3,5-8,11,13,20H,2,4,9H2,1H3. The van der Waals surface area contributed by atoms with Crippen molar-refractivity contribution in [2.75, 3.05) is 13.1 Å². The largest absolute Gasteiger partial charge is 0.391 e. The Labute approximate surface area is 141 Å². The summed E-state index contributed by atoms with van der Waals surface area (Å²) in [7, 11) is 0. The van der Waals surface area contributed by atoms with E-state index in [9.17, 15) is 9.90 Å². The third kappa shape index (κ3) is 2.58. The number of aliphatic hydroxyl groups excluding tert-OH is 1. The second-order valence-electron chi connectivity index (χ2n) is 5.90. The second-order valence-corrected chi connectivity index (χ2v) is 7.72. The van der Waals surface area contributed by atoms with Gasteiger partial charge >= 0.3 is 0 Å². The number of likely N-dealkylation sites (tertiary alicyclic amines) is 1. The van der Waals surface area contributed by atoms with Crippen LogP contribution in [-0.4, -0.2) is 44.5 Å². The molecule has 1 amide bonds. The van der Waals surface area contributed by atoms with Gasteiger partial charge < -0.3 is 10.0 Å². The van der Waals surface area contributed by atoms with Crippen molar-refractivity contribution in [3.05, 3.63) is 45.4 Å². The van der Waals surface area contributed by atoms with Gasteiger partial charge in [0.05, 0.1) is 6.10 Å². The smallest absolute Gasteiger partial charge is 0.274 e. The molecule has 3 aromatic heterocycles. The molecule has 0 saturated carbocycles. The van der Waals surface area contributed by atoms with Gasteiger partial charge in [-0.3, -0.25) is 9.20 Å². The minimum absolute atomic E-state index is 0.0960. The van der Waals surface area contributed by atoms with Crippen molar-refractivity contribution >= 4 is 33.5 Å². The van der Waals surface area contributed by atoms with E-state index in [2.05, 4.69) is 23.4 Å². The molecule has 3 aromatic rings. The highest BCUT2D eigenvalue weighted by atomic mass is 32.1. The number of thiophene rings is 1. The molecule has 120 valence electrons. The fraction of sp³-hybridized carbons (Fsp3) is 0.375. The number of amides is 1. The highest BCUT2D eigenvalue weighted by molar-refractivity contribution is 7.15. The predicted molar refractivity (Wildman–Crippen MR) is 91.4 cm³/mol. The maximum absolute atomic E-state index is 12.6. The van der Waals surface area contributed by atoms with Gasteiger partial charge in [-0.2, -0.15) is 0 Å². The number of aryl methyl sites for hydroxylation is 1. The summed E-state index contributed by atoms with van der Waals surface area (Å²) in [6.07, 6.45) is 3.92. The molecular weight excluding hydrogens is 330 g/mol. The second kappa shape index (κ2) is 5.74. The minimum Gasteiger partial charge on any atom is -0.391 e. The van der Waals surface area contributed by atoms with Crippen molar-refractivity contribution in [2.24, 2.45) is 0 Å². The Morgan fingerprint density at radius 2 is 2.26 bits per heavy atom. The summed E-state index contributed by atoms with van der Waals surface area (Å²) >= 11 is 3.20. The van der Waals surface area contributed by atoms with Crippen LogP contribution in [0.15, 0.2) is 29.2 Å². The predicted octanol–water partition coefficient (Wildman–Crippen LogP) is 2.76. The molecule has 1 aliphatic heterocycles. The average Bonchev–Trinajstić information content (AvgIpc) is 3.22. The lowest BCUT2D eigenvalue weighted by Gasteiger charge is -2.35. The normalized spacial score (nSPS) is 21.9. The zero-order valence-corrected chi connectivity index (χ0v) is 14.3. The van der Waals surface area contributed by atoms with Crippen LogP contribution >= 0.6 is 22.7 Å². The van der Waals surface area contributed by atoms with E-state index in [1.165, 1.54) is 21.8 Å². The van der Waals surface area contributed by atoms with Crippen LogP contribution in [0.25, 0.3) is 4.96 Å². The van der Waals surface area contributed by atoms with Gasteiger partial charge in [-0.25, -0.2) is 4.98 Å². The number of carbonyl (C=O) groups is 1. The van der Waals surface area contributed by atoms with Crippen molar-refractivity contribution in [2.45, 2.75) is 25.4 Å². The maximum Gasteiger partial charge on any atom is 0.274 e. The van der Waals surface area contributed by atoms with E-state index in [1.807, 2.05) is 16.0 Å². The lowest BCUT2D eigenvalue weighted by atomic mass is 9.90. The van der Waals surface area contributed by atoms with Gasteiger partial charge in [0, 0.05) is 41.7 Å². The Bertz CT molecular complexity index is 822. The maximum atomic E-state index is 12.6. The molecule has 1 aliphatic rings. The van der Waals surface area contributed by atoms with Crippen molar-refractivity contribution in [3.63, 3.8) is 0 Å². The van der Waals surface area contributed by atoms with Crippen LogP contribution in [0.5, 0.6) is 0 Å². The number of hydrogen-bond donors (Lipinski definition) is 1. The molecule has 0 spiro atoms.